The summed E-state index contributed by atoms with van der Waals surface area (Å²) in [6.45, 7) is 1.63. The minimum Gasteiger partial charge on any atom is -0.385 e. The number of likely N-dealkylation sites (tertiary alicyclic amines) is 1. The molecule has 4 heterocycles. The number of pyridine rings is 2. The Morgan fingerprint density at radius 2 is 1.84 bits per heavy atom. The van der Waals surface area contributed by atoms with E-state index in [-0.39, 0.29) is 5.91 Å². The average molecular weight is 413 g/mol. The van der Waals surface area contributed by atoms with Gasteiger partial charge in [-0.25, -0.2) is 9.97 Å². The van der Waals surface area contributed by atoms with Crippen molar-refractivity contribution in [3.63, 3.8) is 0 Å². The lowest BCUT2D eigenvalue weighted by Crippen LogP contribution is -2.45. The first-order chi connectivity index (χ1) is 15.1. The topological polar surface area (TPSA) is 84.1 Å². The number of aliphatic hydroxyl groups is 1. The number of carbonyl (C=O) groups is 1. The second-order valence-electron chi connectivity index (χ2n) is 7.99. The SMILES string of the molecule is O=C(c1cnc2c(c1)ncn2Cc1ccccc1)N1CCC(O)(c2cccnc2)CC1. The van der Waals surface area contributed by atoms with Crippen LogP contribution in [0.2, 0.25) is 0 Å². The Balaban J connectivity index is 1.30. The quantitative estimate of drug-likeness (QED) is 0.556. The molecule has 1 fully saturated rings. The molecule has 1 saturated heterocycles. The summed E-state index contributed by atoms with van der Waals surface area (Å²) in [6.07, 6.45) is 7.72. The molecule has 1 aliphatic heterocycles. The smallest absolute Gasteiger partial charge is 0.255 e. The third kappa shape index (κ3) is 3.80. The lowest BCUT2D eigenvalue weighted by atomic mass is 9.85. The molecule has 31 heavy (non-hydrogen) atoms. The van der Waals surface area contributed by atoms with E-state index in [2.05, 4.69) is 27.1 Å². The molecular formula is C24H23N5O2. The van der Waals surface area contributed by atoms with Crippen LogP contribution in [0.3, 0.4) is 0 Å². The zero-order valence-corrected chi connectivity index (χ0v) is 17.1. The van der Waals surface area contributed by atoms with Gasteiger partial charge in [-0.1, -0.05) is 36.4 Å². The molecule has 0 bridgehead atoms. The Hall–Kier alpha value is -3.58. The highest BCUT2D eigenvalue weighted by molar-refractivity contribution is 5.96. The molecule has 7 heteroatoms. The Bertz CT molecular complexity index is 1200. The molecule has 1 aliphatic rings. The van der Waals surface area contributed by atoms with Crippen LogP contribution in [0.25, 0.3) is 11.2 Å². The molecule has 156 valence electrons. The van der Waals surface area contributed by atoms with Crippen molar-refractivity contribution >= 4 is 17.1 Å². The van der Waals surface area contributed by atoms with Gasteiger partial charge in [0.1, 0.15) is 5.52 Å². The number of hydrogen-bond acceptors (Lipinski definition) is 5. The number of carbonyl (C=O) groups excluding carboxylic acids is 1. The van der Waals surface area contributed by atoms with E-state index in [1.807, 2.05) is 34.9 Å². The third-order valence-electron chi connectivity index (χ3n) is 5.97. The van der Waals surface area contributed by atoms with Crippen LogP contribution in [0.1, 0.15) is 34.3 Å². The number of aromatic nitrogens is 4. The highest BCUT2D eigenvalue weighted by atomic mass is 16.3. The van der Waals surface area contributed by atoms with E-state index in [0.29, 0.717) is 43.6 Å². The van der Waals surface area contributed by atoms with E-state index >= 15 is 0 Å². The van der Waals surface area contributed by atoms with E-state index in [1.165, 1.54) is 0 Å². The van der Waals surface area contributed by atoms with Crippen LogP contribution in [0, 0.1) is 0 Å². The Morgan fingerprint density at radius 1 is 1.03 bits per heavy atom. The number of piperidine rings is 1. The van der Waals surface area contributed by atoms with Crippen molar-refractivity contribution in [1.82, 2.24) is 24.4 Å². The van der Waals surface area contributed by atoms with Gasteiger partial charge in [-0.05, 0) is 30.5 Å². The molecule has 0 radical (unpaired) electrons. The van der Waals surface area contributed by atoms with Crippen molar-refractivity contribution in [2.45, 2.75) is 25.0 Å². The highest BCUT2D eigenvalue weighted by Crippen LogP contribution is 2.32. The van der Waals surface area contributed by atoms with Gasteiger partial charge in [0.25, 0.3) is 5.91 Å². The monoisotopic (exact) mass is 413 g/mol. The Morgan fingerprint density at radius 3 is 2.58 bits per heavy atom. The lowest BCUT2D eigenvalue weighted by molar-refractivity contribution is -0.0213. The van der Waals surface area contributed by atoms with Crippen molar-refractivity contribution in [3.05, 3.63) is 90.1 Å². The van der Waals surface area contributed by atoms with Crippen LogP contribution < -0.4 is 0 Å². The van der Waals surface area contributed by atoms with Gasteiger partial charge in [0.05, 0.1) is 24.0 Å². The molecule has 4 aromatic rings. The van der Waals surface area contributed by atoms with E-state index < -0.39 is 5.60 Å². The number of hydrogen-bond donors (Lipinski definition) is 1. The maximum atomic E-state index is 13.0. The molecule has 1 aromatic carbocycles. The molecule has 1 amide bonds. The minimum absolute atomic E-state index is 0.0831. The van der Waals surface area contributed by atoms with Gasteiger partial charge in [0.15, 0.2) is 5.65 Å². The molecule has 3 aromatic heterocycles. The molecule has 7 nitrogen and oxygen atoms in total. The van der Waals surface area contributed by atoms with Gasteiger partial charge in [-0.2, -0.15) is 0 Å². The van der Waals surface area contributed by atoms with Crippen LogP contribution in [0.4, 0.5) is 0 Å². The molecule has 0 aliphatic carbocycles. The van der Waals surface area contributed by atoms with Crippen LogP contribution in [-0.4, -0.2) is 48.5 Å². The molecule has 0 saturated carbocycles. The first kappa shape index (κ1) is 19.4. The van der Waals surface area contributed by atoms with Crippen molar-refractivity contribution in [1.29, 1.82) is 0 Å². The first-order valence-corrected chi connectivity index (χ1v) is 10.4. The summed E-state index contributed by atoms with van der Waals surface area (Å²) in [5.41, 5.74) is 3.00. The number of benzene rings is 1. The summed E-state index contributed by atoms with van der Waals surface area (Å²) < 4.78 is 1.98. The summed E-state index contributed by atoms with van der Waals surface area (Å²) in [5.74, 6) is -0.0831. The highest BCUT2D eigenvalue weighted by Gasteiger charge is 2.35. The average Bonchev–Trinajstić information content (AvgIpc) is 3.22. The molecule has 5 rings (SSSR count). The molecule has 0 spiro atoms. The van der Waals surface area contributed by atoms with Gasteiger partial charge in [0, 0.05) is 37.2 Å². The van der Waals surface area contributed by atoms with E-state index in [1.54, 1.807) is 35.9 Å². The van der Waals surface area contributed by atoms with Crippen LogP contribution in [0.5, 0.6) is 0 Å². The largest absolute Gasteiger partial charge is 0.385 e. The fourth-order valence-corrected chi connectivity index (χ4v) is 4.15. The molecular weight excluding hydrogens is 390 g/mol. The van der Waals surface area contributed by atoms with Crippen molar-refractivity contribution in [2.24, 2.45) is 0 Å². The Kier molecular flexibility index (Phi) is 4.95. The lowest BCUT2D eigenvalue weighted by Gasteiger charge is -2.38. The zero-order valence-electron chi connectivity index (χ0n) is 17.1. The Labute approximate surface area is 180 Å². The number of imidazole rings is 1. The second kappa shape index (κ2) is 7.92. The summed E-state index contributed by atoms with van der Waals surface area (Å²) >= 11 is 0. The molecule has 0 atom stereocenters. The summed E-state index contributed by atoms with van der Waals surface area (Å²) in [5, 5.41) is 11.0. The summed E-state index contributed by atoms with van der Waals surface area (Å²) in [6, 6.07) is 15.6. The third-order valence-corrected chi connectivity index (χ3v) is 5.97. The van der Waals surface area contributed by atoms with E-state index in [9.17, 15) is 9.90 Å². The standard InChI is InChI=1S/C24H23N5O2/c30-23(28-11-8-24(31,9-12-28)20-7-4-10-25-15-20)19-13-21-22(26-14-19)29(17-27-21)16-18-5-2-1-3-6-18/h1-7,10,13-15,17,31H,8-9,11-12,16H2. The van der Waals surface area contributed by atoms with Crippen molar-refractivity contribution in [2.75, 3.05) is 13.1 Å². The predicted octanol–water partition coefficient (Wildman–Crippen LogP) is 3.00. The number of rotatable bonds is 4. The fraction of sp³-hybridized carbons (Fsp3) is 0.250. The van der Waals surface area contributed by atoms with Gasteiger partial charge in [0.2, 0.25) is 0 Å². The van der Waals surface area contributed by atoms with Crippen LogP contribution in [0.15, 0.2) is 73.4 Å². The van der Waals surface area contributed by atoms with Crippen LogP contribution in [-0.2, 0) is 12.1 Å². The van der Waals surface area contributed by atoms with Gasteiger partial charge in [-0.15, -0.1) is 0 Å². The van der Waals surface area contributed by atoms with E-state index in [4.69, 9.17) is 0 Å². The summed E-state index contributed by atoms with van der Waals surface area (Å²) in [4.78, 5) is 27.9. The number of amides is 1. The predicted molar refractivity (Wildman–Crippen MR) is 116 cm³/mol. The second-order valence-corrected chi connectivity index (χ2v) is 7.99. The number of nitrogens with zero attached hydrogens (tertiary/aromatic N) is 5. The maximum absolute atomic E-state index is 13.0. The minimum atomic E-state index is -0.941. The maximum Gasteiger partial charge on any atom is 0.255 e. The first-order valence-electron chi connectivity index (χ1n) is 10.4. The molecule has 0 unspecified atom stereocenters. The van der Waals surface area contributed by atoms with Crippen molar-refractivity contribution in [3.8, 4) is 0 Å². The summed E-state index contributed by atoms with van der Waals surface area (Å²) in [7, 11) is 0. The van der Waals surface area contributed by atoms with Crippen LogP contribution >= 0.6 is 0 Å². The van der Waals surface area contributed by atoms with Gasteiger partial charge < -0.3 is 14.6 Å². The molecule has 1 N–H and O–H groups in total. The zero-order chi connectivity index (χ0) is 21.3. The normalized spacial score (nSPS) is 15.8. The fourth-order valence-electron chi connectivity index (χ4n) is 4.15. The van der Waals surface area contributed by atoms with Gasteiger partial charge >= 0.3 is 0 Å². The van der Waals surface area contributed by atoms with Crippen molar-refractivity contribution < 1.29 is 9.90 Å². The van der Waals surface area contributed by atoms with Gasteiger partial charge in [-0.3, -0.25) is 9.78 Å². The number of fused-ring (bicyclic) bond motifs is 1. The van der Waals surface area contributed by atoms with E-state index in [0.717, 1.165) is 16.8 Å².